The maximum Gasteiger partial charge on any atom is 0.272 e. The number of allylic oxidation sites excluding steroid dienone is 2. The third kappa shape index (κ3) is 3.11. The number of rotatable bonds is 5. The maximum absolute atomic E-state index is 12.4. The summed E-state index contributed by atoms with van der Waals surface area (Å²) in [6.07, 6.45) is 7.72. The van der Waals surface area contributed by atoms with Gasteiger partial charge in [0.25, 0.3) is 5.56 Å². The predicted octanol–water partition coefficient (Wildman–Crippen LogP) is 2.19. The van der Waals surface area contributed by atoms with Gasteiger partial charge in [0, 0.05) is 26.4 Å². The minimum absolute atomic E-state index is 0.00349. The summed E-state index contributed by atoms with van der Waals surface area (Å²) in [5, 5.41) is 3.04. The van der Waals surface area contributed by atoms with Crippen LogP contribution in [0.15, 0.2) is 41.2 Å². The van der Waals surface area contributed by atoms with E-state index in [0.29, 0.717) is 30.4 Å². The molecule has 1 aromatic heterocycles. The lowest BCUT2D eigenvalue weighted by Crippen LogP contribution is -2.32. The Morgan fingerprint density at radius 1 is 1.28 bits per heavy atom. The number of amides is 1. The smallest absolute Gasteiger partial charge is 0.272 e. The number of para-hydroxylation sites is 2. The Hall–Kier alpha value is -2.43. The molecule has 0 unspecified atom stereocenters. The molecule has 1 N–H and O–H groups in total. The Bertz CT molecular complexity index is 899. The molecule has 1 heterocycles. The number of carbonyl (C=O) groups excluding carboxylic acids is 1. The highest BCUT2D eigenvalue weighted by Gasteiger charge is 2.35. The van der Waals surface area contributed by atoms with Crippen molar-refractivity contribution < 1.29 is 4.79 Å². The molecule has 1 fully saturated rings. The van der Waals surface area contributed by atoms with E-state index in [1.807, 2.05) is 24.3 Å². The van der Waals surface area contributed by atoms with Crippen LogP contribution in [0.25, 0.3) is 11.0 Å². The summed E-state index contributed by atoms with van der Waals surface area (Å²) in [5.74, 6) is 1.94. The van der Waals surface area contributed by atoms with Gasteiger partial charge in [0.1, 0.15) is 5.69 Å². The van der Waals surface area contributed by atoms with Gasteiger partial charge in [-0.25, -0.2) is 4.98 Å². The Balaban J connectivity index is 1.37. The number of carbonyl (C=O) groups is 1. The molecule has 0 aliphatic heterocycles. The zero-order valence-electron chi connectivity index (χ0n) is 14.4. The lowest BCUT2D eigenvalue weighted by molar-refractivity contribution is -0.121. The second-order valence-corrected chi connectivity index (χ2v) is 7.26. The maximum atomic E-state index is 12.4. The Kier molecular flexibility index (Phi) is 4.15. The normalized spacial score (nSPS) is 24.1. The summed E-state index contributed by atoms with van der Waals surface area (Å²) in [6.45, 7) is 0.744. The topological polar surface area (TPSA) is 64.0 Å². The van der Waals surface area contributed by atoms with Crippen LogP contribution in [0.3, 0.4) is 0 Å². The molecule has 0 radical (unpaired) electrons. The van der Waals surface area contributed by atoms with Gasteiger partial charge in [-0.05, 0) is 42.7 Å². The average Bonchev–Trinajstić information content (AvgIpc) is 3.25. The number of nitrogens with one attached hydrogen (secondary N) is 1. The highest BCUT2D eigenvalue weighted by molar-refractivity contribution is 5.77. The van der Waals surface area contributed by atoms with Gasteiger partial charge in [0.05, 0.1) is 11.0 Å². The van der Waals surface area contributed by atoms with E-state index in [1.165, 1.54) is 12.8 Å². The fourth-order valence-electron chi connectivity index (χ4n) is 4.20. The first-order valence-corrected chi connectivity index (χ1v) is 9.01. The zero-order valence-corrected chi connectivity index (χ0v) is 14.4. The van der Waals surface area contributed by atoms with Gasteiger partial charge >= 0.3 is 0 Å². The number of hydrogen-bond donors (Lipinski definition) is 1. The van der Waals surface area contributed by atoms with Crippen molar-refractivity contribution in [3.63, 3.8) is 0 Å². The largest absolute Gasteiger partial charge is 0.356 e. The fraction of sp³-hybridized carbons (Fsp3) is 0.450. The van der Waals surface area contributed by atoms with E-state index in [2.05, 4.69) is 22.5 Å². The zero-order chi connectivity index (χ0) is 17.4. The second-order valence-electron chi connectivity index (χ2n) is 7.26. The van der Waals surface area contributed by atoms with Gasteiger partial charge in [0.2, 0.25) is 5.91 Å². The quantitative estimate of drug-likeness (QED) is 0.851. The first-order valence-electron chi connectivity index (χ1n) is 9.01. The molecule has 1 saturated carbocycles. The second kappa shape index (κ2) is 6.47. The van der Waals surface area contributed by atoms with Crippen LogP contribution in [-0.4, -0.2) is 22.0 Å². The summed E-state index contributed by atoms with van der Waals surface area (Å²) < 4.78 is 1.61. The fourth-order valence-corrected chi connectivity index (χ4v) is 4.20. The van der Waals surface area contributed by atoms with Crippen LogP contribution in [0, 0.1) is 17.8 Å². The molecule has 0 saturated heterocycles. The summed E-state index contributed by atoms with van der Waals surface area (Å²) in [7, 11) is 1.75. The van der Waals surface area contributed by atoms with Crippen molar-refractivity contribution in [2.75, 3.05) is 6.54 Å². The molecular formula is C20H23N3O2. The predicted molar refractivity (Wildman–Crippen MR) is 97.2 cm³/mol. The molecule has 3 atom stereocenters. The van der Waals surface area contributed by atoms with E-state index in [4.69, 9.17) is 0 Å². The minimum atomic E-state index is -0.121. The van der Waals surface area contributed by atoms with Crippen molar-refractivity contribution in [2.24, 2.45) is 24.8 Å². The first-order chi connectivity index (χ1) is 12.1. The van der Waals surface area contributed by atoms with Crippen LogP contribution in [0.1, 0.15) is 25.0 Å². The van der Waals surface area contributed by atoms with E-state index >= 15 is 0 Å². The molecule has 5 nitrogen and oxygen atoms in total. The van der Waals surface area contributed by atoms with Crippen molar-refractivity contribution in [1.29, 1.82) is 0 Å². The van der Waals surface area contributed by atoms with Gasteiger partial charge in [0.15, 0.2) is 0 Å². The van der Waals surface area contributed by atoms with Crippen LogP contribution in [0.5, 0.6) is 0 Å². The Morgan fingerprint density at radius 2 is 2.12 bits per heavy atom. The number of fused-ring (bicyclic) bond motifs is 3. The van der Waals surface area contributed by atoms with Gasteiger partial charge in [-0.15, -0.1) is 0 Å². The van der Waals surface area contributed by atoms with Crippen LogP contribution < -0.4 is 10.9 Å². The molecule has 2 aliphatic carbocycles. The molecule has 130 valence electrons. The van der Waals surface area contributed by atoms with E-state index in [0.717, 1.165) is 23.5 Å². The molecule has 2 aliphatic rings. The highest BCUT2D eigenvalue weighted by atomic mass is 16.1. The molecule has 1 aromatic carbocycles. The highest BCUT2D eigenvalue weighted by Crippen LogP contribution is 2.42. The van der Waals surface area contributed by atoms with Gasteiger partial charge in [-0.1, -0.05) is 24.3 Å². The van der Waals surface area contributed by atoms with Crippen molar-refractivity contribution in [3.05, 3.63) is 52.5 Å². The molecule has 1 amide bonds. The SMILES string of the molecule is Cn1c(=O)c(CCC(=O)NC[C@@H]2C[C@@H]3C=C[C@H]2C3)nc2ccccc21. The van der Waals surface area contributed by atoms with Crippen molar-refractivity contribution in [1.82, 2.24) is 14.9 Å². The van der Waals surface area contributed by atoms with Gasteiger partial charge in [-0.2, -0.15) is 0 Å². The van der Waals surface area contributed by atoms with E-state index < -0.39 is 0 Å². The van der Waals surface area contributed by atoms with Gasteiger partial charge in [-0.3, -0.25) is 9.59 Å². The monoisotopic (exact) mass is 337 g/mol. The third-order valence-corrected chi connectivity index (χ3v) is 5.62. The third-order valence-electron chi connectivity index (χ3n) is 5.62. The lowest BCUT2D eigenvalue weighted by atomic mass is 9.93. The number of benzene rings is 1. The van der Waals surface area contributed by atoms with E-state index in [9.17, 15) is 9.59 Å². The molecule has 25 heavy (non-hydrogen) atoms. The summed E-state index contributed by atoms with van der Waals surface area (Å²) in [4.78, 5) is 29.0. The van der Waals surface area contributed by atoms with E-state index in [1.54, 1.807) is 11.6 Å². The van der Waals surface area contributed by atoms with Gasteiger partial charge < -0.3 is 9.88 Å². The van der Waals surface area contributed by atoms with Crippen LogP contribution in [0.4, 0.5) is 0 Å². The summed E-state index contributed by atoms with van der Waals surface area (Å²) in [5.41, 5.74) is 1.93. The Labute approximate surface area is 146 Å². The van der Waals surface area contributed by atoms with Crippen LogP contribution in [-0.2, 0) is 18.3 Å². The molecule has 2 bridgehead atoms. The lowest BCUT2D eigenvalue weighted by Gasteiger charge is -2.18. The number of aryl methyl sites for hydroxylation is 2. The standard InChI is InChI=1S/C20H23N3O2/c1-23-18-5-3-2-4-16(18)22-17(20(23)25)8-9-19(24)21-12-15-11-13-6-7-14(15)10-13/h2-7,13-15H,8-12H2,1H3,(H,21,24)/t13-,14+,15+/m1/s1. The molecule has 5 heteroatoms. The van der Waals surface area contributed by atoms with Crippen LogP contribution >= 0.6 is 0 Å². The van der Waals surface area contributed by atoms with Crippen molar-refractivity contribution in [3.8, 4) is 0 Å². The Morgan fingerprint density at radius 3 is 2.88 bits per heavy atom. The van der Waals surface area contributed by atoms with Crippen molar-refractivity contribution >= 4 is 16.9 Å². The number of aromatic nitrogens is 2. The molecular weight excluding hydrogens is 314 g/mol. The number of nitrogens with zero attached hydrogens (tertiary/aromatic N) is 2. The molecule has 4 rings (SSSR count). The average molecular weight is 337 g/mol. The van der Waals surface area contributed by atoms with Crippen LogP contribution in [0.2, 0.25) is 0 Å². The minimum Gasteiger partial charge on any atom is -0.356 e. The van der Waals surface area contributed by atoms with Crippen molar-refractivity contribution in [2.45, 2.75) is 25.7 Å². The summed E-state index contributed by atoms with van der Waals surface area (Å²) in [6, 6.07) is 7.56. The molecule has 2 aromatic rings. The number of hydrogen-bond acceptors (Lipinski definition) is 3. The first kappa shape index (κ1) is 16.1. The molecule has 0 spiro atoms. The van der Waals surface area contributed by atoms with E-state index in [-0.39, 0.29) is 11.5 Å². The summed E-state index contributed by atoms with van der Waals surface area (Å²) >= 11 is 0.